The number of hydrogen-bond acceptors (Lipinski definition) is 3. The van der Waals surface area contributed by atoms with Crippen molar-refractivity contribution in [3.8, 4) is 5.75 Å². The summed E-state index contributed by atoms with van der Waals surface area (Å²) in [5.74, 6) is 0.299. The number of aromatic hydroxyl groups is 1. The van der Waals surface area contributed by atoms with Gasteiger partial charge in [-0.05, 0) is 42.4 Å². The number of benzene rings is 1. The van der Waals surface area contributed by atoms with Crippen LogP contribution in [-0.2, 0) is 28.8 Å². The molecule has 1 N–H and O–H groups in total. The molecular formula is C23H38O3. The van der Waals surface area contributed by atoms with Crippen LogP contribution in [0.3, 0.4) is 0 Å². The Morgan fingerprint density at radius 1 is 0.885 bits per heavy atom. The van der Waals surface area contributed by atoms with Gasteiger partial charge in [0.15, 0.2) is 0 Å². The second kappa shape index (κ2) is 13.7. The molecule has 1 rings (SSSR count). The van der Waals surface area contributed by atoms with Crippen LogP contribution >= 0.6 is 0 Å². The van der Waals surface area contributed by atoms with E-state index in [1.807, 2.05) is 26.0 Å². The van der Waals surface area contributed by atoms with E-state index in [2.05, 4.69) is 6.92 Å². The van der Waals surface area contributed by atoms with Crippen LogP contribution in [0.25, 0.3) is 0 Å². The lowest BCUT2D eigenvalue weighted by atomic mass is 9.98. The molecule has 0 amide bonds. The van der Waals surface area contributed by atoms with Crippen molar-refractivity contribution in [1.82, 2.24) is 0 Å². The number of carbonyl (C=O) groups is 1. The minimum atomic E-state index is -0.114. The van der Waals surface area contributed by atoms with E-state index in [1.54, 1.807) is 0 Å². The highest BCUT2D eigenvalue weighted by atomic mass is 16.5. The van der Waals surface area contributed by atoms with Crippen LogP contribution < -0.4 is 0 Å². The summed E-state index contributed by atoms with van der Waals surface area (Å²) in [7, 11) is 0. The number of esters is 1. The van der Waals surface area contributed by atoms with Crippen LogP contribution in [0.2, 0.25) is 0 Å². The molecule has 3 nitrogen and oxygen atoms in total. The van der Waals surface area contributed by atoms with Gasteiger partial charge < -0.3 is 9.84 Å². The first kappa shape index (κ1) is 22.5. The summed E-state index contributed by atoms with van der Waals surface area (Å²) in [5.41, 5.74) is 3.04. The van der Waals surface area contributed by atoms with E-state index in [-0.39, 0.29) is 5.97 Å². The summed E-state index contributed by atoms with van der Waals surface area (Å²) in [6.45, 7) is 6.86. The van der Waals surface area contributed by atoms with Gasteiger partial charge in [0.2, 0.25) is 0 Å². The lowest BCUT2D eigenvalue weighted by molar-refractivity contribution is -0.143. The quantitative estimate of drug-likeness (QED) is 0.320. The van der Waals surface area contributed by atoms with Crippen molar-refractivity contribution in [1.29, 1.82) is 0 Å². The fraction of sp³-hybridized carbons (Fsp3) is 0.696. The lowest BCUT2D eigenvalue weighted by Crippen LogP contribution is -2.07. The van der Waals surface area contributed by atoms with Crippen molar-refractivity contribution in [3.63, 3.8) is 0 Å². The molecule has 148 valence electrons. The maximum absolute atomic E-state index is 11.9. The zero-order valence-electron chi connectivity index (χ0n) is 17.1. The average Bonchev–Trinajstić information content (AvgIpc) is 2.65. The summed E-state index contributed by atoms with van der Waals surface area (Å²) in [6, 6.07) is 4.03. The average molecular weight is 363 g/mol. The standard InChI is InChI=1S/C23H38O3/c1-4-7-8-9-10-11-12-13-16-26-22(24)15-14-19-17-20(5-2)23(25)21(6-3)18-19/h17-18,25H,4-16H2,1-3H3. The van der Waals surface area contributed by atoms with Gasteiger partial charge in [-0.25, -0.2) is 0 Å². The van der Waals surface area contributed by atoms with Gasteiger partial charge in [-0.1, -0.05) is 77.8 Å². The highest BCUT2D eigenvalue weighted by molar-refractivity contribution is 5.69. The molecule has 0 bridgehead atoms. The molecule has 26 heavy (non-hydrogen) atoms. The van der Waals surface area contributed by atoms with Gasteiger partial charge in [-0.3, -0.25) is 4.79 Å². The summed E-state index contributed by atoms with van der Waals surface area (Å²) >= 11 is 0. The Hall–Kier alpha value is -1.51. The first-order chi connectivity index (χ1) is 12.6. The number of rotatable bonds is 14. The van der Waals surface area contributed by atoms with E-state index in [9.17, 15) is 9.90 Å². The van der Waals surface area contributed by atoms with Gasteiger partial charge in [0.1, 0.15) is 5.75 Å². The third-order valence-electron chi connectivity index (χ3n) is 4.97. The molecule has 0 heterocycles. The van der Waals surface area contributed by atoms with Crippen LogP contribution in [0.5, 0.6) is 5.75 Å². The fourth-order valence-electron chi connectivity index (χ4n) is 3.26. The zero-order valence-corrected chi connectivity index (χ0v) is 17.1. The molecule has 1 aromatic carbocycles. The van der Waals surface area contributed by atoms with Crippen molar-refractivity contribution >= 4 is 5.97 Å². The predicted octanol–water partition coefficient (Wildman–Crippen LogP) is 6.13. The third-order valence-corrected chi connectivity index (χ3v) is 4.97. The number of ether oxygens (including phenoxy) is 1. The van der Waals surface area contributed by atoms with Crippen LogP contribution in [0.4, 0.5) is 0 Å². The number of carbonyl (C=O) groups excluding carboxylic acids is 1. The summed E-state index contributed by atoms with van der Waals surface area (Å²) < 4.78 is 5.36. The molecule has 0 spiro atoms. The molecule has 0 atom stereocenters. The van der Waals surface area contributed by atoms with Crippen LogP contribution in [0, 0.1) is 0 Å². The lowest BCUT2D eigenvalue weighted by Gasteiger charge is -2.11. The van der Waals surface area contributed by atoms with Crippen LogP contribution in [0.1, 0.15) is 95.2 Å². The van der Waals surface area contributed by atoms with E-state index in [0.29, 0.717) is 25.2 Å². The minimum absolute atomic E-state index is 0.114. The number of hydrogen-bond donors (Lipinski definition) is 1. The van der Waals surface area contributed by atoms with Crippen molar-refractivity contribution < 1.29 is 14.6 Å². The molecule has 0 saturated heterocycles. The maximum Gasteiger partial charge on any atom is 0.306 e. The summed E-state index contributed by atoms with van der Waals surface area (Å²) in [5, 5.41) is 10.1. The van der Waals surface area contributed by atoms with Gasteiger partial charge in [-0.15, -0.1) is 0 Å². The highest BCUT2D eigenvalue weighted by Gasteiger charge is 2.10. The Balaban J connectivity index is 2.20. The van der Waals surface area contributed by atoms with E-state index < -0.39 is 0 Å². The van der Waals surface area contributed by atoms with Gasteiger partial charge >= 0.3 is 5.97 Å². The Morgan fingerprint density at radius 2 is 1.42 bits per heavy atom. The van der Waals surface area contributed by atoms with Gasteiger partial charge in [0.25, 0.3) is 0 Å². The highest BCUT2D eigenvalue weighted by Crippen LogP contribution is 2.26. The van der Waals surface area contributed by atoms with Crippen LogP contribution in [-0.4, -0.2) is 17.7 Å². The second-order valence-electron chi connectivity index (χ2n) is 7.17. The second-order valence-corrected chi connectivity index (χ2v) is 7.17. The number of phenolic OH excluding ortho intramolecular Hbond substituents is 1. The molecule has 0 aliphatic carbocycles. The molecule has 1 aromatic rings. The molecular weight excluding hydrogens is 324 g/mol. The predicted molar refractivity (Wildman–Crippen MR) is 109 cm³/mol. The minimum Gasteiger partial charge on any atom is -0.507 e. The zero-order chi connectivity index (χ0) is 19.2. The van der Waals surface area contributed by atoms with E-state index in [0.717, 1.165) is 42.4 Å². The van der Waals surface area contributed by atoms with E-state index in [1.165, 1.54) is 38.5 Å². The molecule has 0 fully saturated rings. The molecule has 0 radical (unpaired) electrons. The summed E-state index contributed by atoms with van der Waals surface area (Å²) in [4.78, 5) is 11.9. The normalized spacial score (nSPS) is 10.9. The Morgan fingerprint density at radius 3 is 1.96 bits per heavy atom. The molecule has 0 aromatic heterocycles. The SMILES string of the molecule is CCCCCCCCCCOC(=O)CCc1cc(CC)c(O)c(CC)c1. The van der Waals surface area contributed by atoms with Gasteiger partial charge in [0, 0.05) is 6.42 Å². The third kappa shape index (κ3) is 8.73. The topological polar surface area (TPSA) is 46.5 Å². The molecule has 0 saturated carbocycles. The smallest absolute Gasteiger partial charge is 0.306 e. The fourth-order valence-corrected chi connectivity index (χ4v) is 3.26. The first-order valence-corrected chi connectivity index (χ1v) is 10.6. The molecule has 0 unspecified atom stereocenters. The van der Waals surface area contributed by atoms with Crippen molar-refractivity contribution in [2.24, 2.45) is 0 Å². The van der Waals surface area contributed by atoms with E-state index >= 15 is 0 Å². The first-order valence-electron chi connectivity index (χ1n) is 10.6. The van der Waals surface area contributed by atoms with Crippen molar-refractivity contribution in [2.45, 2.75) is 97.8 Å². The Kier molecular flexibility index (Phi) is 11.8. The largest absolute Gasteiger partial charge is 0.507 e. The molecule has 0 aliphatic heterocycles. The Bertz CT molecular complexity index is 497. The number of phenols is 1. The maximum atomic E-state index is 11.9. The number of unbranched alkanes of at least 4 members (excludes halogenated alkanes) is 7. The molecule has 0 aliphatic rings. The van der Waals surface area contributed by atoms with Gasteiger partial charge in [-0.2, -0.15) is 0 Å². The number of aryl methyl sites for hydroxylation is 3. The van der Waals surface area contributed by atoms with Crippen molar-refractivity contribution in [2.75, 3.05) is 6.61 Å². The molecule has 3 heteroatoms. The van der Waals surface area contributed by atoms with Gasteiger partial charge in [0.05, 0.1) is 6.61 Å². The van der Waals surface area contributed by atoms with E-state index in [4.69, 9.17) is 4.74 Å². The Labute approximate surface area is 160 Å². The van der Waals surface area contributed by atoms with Crippen LogP contribution in [0.15, 0.2) is 12.1 Å². The summed E-state index contributed by atoms with van der Waals surface area (Å²) in [6.07, 6.45) is 12.7. The van der Waals surface area contributed by atoms with Crippen molar-refractivity contribution in [3.05, 3.63) is 28.8 Å². The monoisotopic (exact) mass is 362 g/mol.